The number of ether oxygens (including phenoxy) is 1. The number of nitrogens with one attached hydrogen (secondary N) is 3. The van der Waals surface area contributed by atoms with Crippen molar-refractivity contribution in [3.05, 3.63) is 76.7 Å². The summed E-state index contributed by atoms with van der Waals surface area (Å²) in [5.41, 5.74) is 8.23. The molecule has 1 unspecified atom stereocenters. The maximum Gasteiger partial charge on any atom is 0.229 e. The van der Waals surface area contributed by atoms with Crippen molar-refractivity contribution >= 4 is 85.5 Å². The Morgan fingerprint density at radius 3 is 2.35 bits per heavy atom. The van der Waals surface area contributed by atoms with Crippen LogP contribution < -0.4 is 40.7 Å². The van der Waals surface area contributed by atoms with Crippen molar-refractivity contribution < 1.29 is 19.2 Å². The third-order valence-electron chi connectivity index (χ3n) is 11.8. The molecule has 4 N–H and O–H groups in total. The number of aryl methyl sites for hydroxylation is 2. The van der Waals surface area contributed by atoms with E-state index in [0.29, 0.717) is 62.9 Å². The summed E-state index contributed by atoms with van der Waals surface area (Å²) in [4.78, 5) is 39.3. The van der Waals surface area contributed by atoms with Crippen molar-refractivity contribution in [1.82, 2.24) is 30.2 Å². The summed E-state index contributed by atoms with van der Waals surface area (Å²) in [6.45, 7) is 15.2. The normalized spacial score (nSPS) is 18.1. The monoisotopic (exact) mass is 897 g/mol. The van der Waals surface area contributed by atoms with Crippen LogP contribution in [0.25, 0.3) is 11.0 Å². The smallest absolute Gasteiger partial charge is 0.229 e. The number of fused-ring (bicyclic) bond motifs is 1. The second-order valence-electron chi connectivity index (χ2n) is 16.3. The lowest BCUT2D eigenvalue weighted by molar-refractivity contribution is -0.125. The number of piperidine rings is 1. The van der Waals surface area contributed by atoms with Gasteiger partial charge in [0, 0.05) is 100 Å². The molecule has 316 valence electrons. The van der Waals surface area contributed by atoms with Gasteiger partial charge in [-0.15, -0.1) is 0 Å². The van der Waals surface area contributed by atoms with E-state index in [4.69, 9.17) is 9.72 Å². The predicted molar refractivity (Wildman–Crippen MR) is 244 cm³/mol. The average molecular weight is 899 g/mol. The molecule has 3 saturated heterocycles. The summed E-state index contributed by atoms with van der Waals surface area (Å²) in [6, 6.07) is 14.3. The highest BCUT2D eigenvalue weighted by molar-refractivity contribution is 9.10. The second-order valence-corrected chi connectivity index (χ2v) is 20.3. The maximum atomic E-state index is 13.5. The van der Waals surface area contributed by atoms with Gasteiger partial charge >= 0.3 is 0 Å². The number of piperazine rings is 1. The lowest BCUT2D eigenvalue weighted by Crippen LogP contribution is -2.54. The molecule has 3 aromatic carbocycles. The van der Waals surface area contributed by atoms with Gasteiger partial charge in [0.2, 0.25) is 18.2 Å². The van der Waals surface area contributed by atoms with Gasteiger partial charge in [-0.2, -0.15) is 4.98 Å². The number of aliphatic hydroxyl groups is 1. The summed E-state index contributed by atoms with van der Waals surface area (Å²) < 4.78 is 20.0. The number of aromatic nitrogens is 4. The van der Waals surface area contributed by atoms with Crippen LogP contribution >= 0.6 is 23.1 Å². The predicted octanol–water partition coefficient (Wildman–Crippen LogP) is 6.18. The van der Waals surface area contributed by atoms with Crippen LogP contribution in [0.3, 0.4) is 0 Å². The molecule has 60 heavy (non-hydrogen) atoms. The molecule has 3 fully saturated rings. The molecule has 0 spiro atoms. The van der Waals surface area contributed by atoms with Gasteiger partial charge in [0.05, 0.1) is 33.8 Å². The topological polar surface area (TPSA) is 164 Å². The number of rotatable bonds is 11. The molecule has 3 aliphatic rings. The van der Waals surface area contributed by atoms with Gasteiger partial charge in [-0.1, -0.05) is 0 Å². The van der Waals surface area contributed by atoms with E-state index < -0.39 is 13.5 Å². The fraction of sp³-hybridized carbons (Fsp3) is 0.419. The van der Waals surface area contributed by atoms with Crippen LogP contribution in [0.15, 0.2) is 65.5 Å². The van der Waals surface area contributed by atoms with Crippen LogP contribution in [-0.2, 0) is 9.36 Å². The number of hydrogen-bond donors (Lipinski definition) is 4. The van der Waals surface area contributed by atoms with Crippen LogP contribution in [-0.4, -0.2) is 115 Å². The number of nitrogens with zero attached hydrogens (tertiary/aromatic N) is 8. The van der Waals surface area contributed by atoms with Crippen LogP contribution in [0.5, 0.6) is 5.75 Å². The first-order chi connectivity index (χ1) is 28.8. The van der Waals surface area contributed by atoms with Crippen LogP contribution in [0.4, 0.5) is 40.2 Å². The van der Waals surface area contributed by atoms with Gasteiger partial charge in [-0.05, 0) is 109 Å². The first kappa shape index (κ1) is 41.7. The zero-order valence-corrected chi connectivity index (χ0v) is 37.3. The second kappa shape index (κ2) is 17.5. The molecule has 2 aromatic heterocycles. The van der Waals surface area contributed by atoms with Crippen molar-refractivity contribution in [1.29, 1.82) is 0 Å². The summed E-state index contributed by atoms with van der Waals surface area (Å²) in [5, 5.41) is 20.4. The number of carbonyl (C=O) groups excluding carboxylic acids is 1. The van der Waals surface area contributed by atoms with E-state index in [1.807, 2.05) is 17.0 Å². The van der Waals surface area contributed by atoms with Crippen molar-refractivity contribution in [2.24, 2.45) is 5.92 Å². The summed E-state index contributed by atoms with van der Waals surface area (Å²) in [6.07, 6.45) is 6.62. The molecule has 15 nitrogen and oxygen atoms in total. The lowest BCUT2D eigenvalue weighted by Gasteiger charge is -2.40. The van der Waals surface area contributed by atoms with Crippen molar-refractivity contribution in [3.8, 4) is 5.75 Å². The van der Waals surface area contributed by atoms with E-state index in [2.05, 4.69) is 106 Å². The Bertz CT molecular complexity index is 2430. The van der Waals surface area contributed by atoms with Crippen molar-refractivity contribution in [2.45, 2.75) is 39.5 Å². The van der Waals surface area contributed by atoms with Gasteiger partial charge in [-0.3, -0.25) is 19.7 Å². The quantitative estimate of drug-likeness (QED) is 0.111. The van der Waals surface area contributed by atoms with Crippen LogP contribution in [0.2, 0.25) is 0 Å². The Kier molecular flexibility index (Phi) is 12.2. The number of amides is 1. The summed E-state index contributed by atoms with van der Waals surface area (Å²) in [5.74, 6) is 2.12. The van der Waals surface area contributed by atoms with E-state index in [-0.39, 0.29) is 5.91 Å². The van der Waals surface area contributed by atoms with Crippen molar-refractivity contribution in [2.75, 3.05) is 98.1 Å². The number of methoxy groups -OCH3 is 1. The number of hydrogen-bond acceptors (Lipinski definition) is 14. The van der Waals surface area contributed by atoms with Crippen molar-refractivity contribution in [3.63, 3.8) is 0 Å². The highest BCUT2D eigenvalue weighted by atomic mass is 79.9. The van der Waals surface area contributed by atoms with E-state index in [9.17, 15) is 14.5 Å². The van der Waals surface area contributed by atoms with Crippen LogP contribution in [0, 0.1) is 19.8 Å². The molecule has 17 heteroatoms. The molecular formula is C43H53BrN11O4P. The number of carbonyl (C=O) groups is 1. The Hall–Kier alpha value is -5.02. The molecule has 5 aromatic rings. The molecule has 1 amide bonds. The fourth-order valence-corrected chi connectivity index (χ4v) is 10.4. The third kappa shape index (κ3) is 9.02. The average Bonchev–Trinajstić information content (AvgIpc) is 3.22. The summed E-state index contributed by atoms with van der Waals surface area (Å²) >= 11 is 3.59. The minimum Gasteiger partial charge on any atom is -0.494 e. The Morgan fingerprint density at radius 2 is 1.63 bits per heavy atom. The molecule has 0 saturated carbocycles. The van der Waals surface area contributed by atoms with E-state index in [1.54, 1.807) is 39.0 Å². The molecule has 0 radical (unpaired) electrons. The van der Waals surface area contributed by atoms with Gasteiger partial charge in [0.1, 0.15) is 24.2 Å². The Balaban J connectivity index is 0.866. The van der Waals surface area contributed by atoms with Gasteiger partial charge in [0.25, 0.3) is 0 Å². The molecular weight excluding hydrogens is 845 g/mol. The molecule has 3 aliphatic heterocycles. The largest absolute Gasteiger partial charge is 0.494 e. The highest BCUT2D eigenvalue weighted by Crippen LogP contribution is 2.42. The molecule has 0 bridgehead atoms. The third-order valence-corrected chi connectivity index (χ3v) is 13.9. The number of benzene rings is 3. The summed E-state index contributed by atoms with van der Waals surface area (Å²) in [7, 11) is -1.09. The lowest BCUT2D eigenvalue weighted by atomic mass is 9.95. The number of halogens is 1. The minimum absolute atomic E-state index is 0.121. The number of anilines is 7. The highest BCUT2D eigenvalue weighted by Gasteiger charge is 2.28. The molecule has 8 rings (SSSR count). The standard InChI is InChI=1S/C43H53BrN11O4P/c1-27-22-30(6-9-35(27)55-17-12-38(56)50-43(55)57)53-15-10-29(11-16-53)26-52-18-20-54(21-19-52)36-24-37(59-3)34(23-28(36)2)49-42-47-25-31(44)41(51-42)48-33-8-7-32-39(46-14-13-45-32)40(33)60(4,5)58/h6-9,13-14,22-25,29,43,57H,10-12,15-21,26H2,1-5H3,(H,50,56)(H2,47,48,49,51). The first-order valence-electron chi connectivity index (χ1n) is 20.5. The van der Waals surface area contributed by atoms with Crippen LogP contribution in [0.1, 0.15) is 30.4 Å². The molecule has 5 heterocycles. The van der Waals surface area contributed by atoms with E-state index in [0.717, 1.165) is 86.8 Å². The zero-order chi connectivity index (χ0) is 42.1. The Morgan fingerprint density at radius 1 is 0.883 bits per heavy atom. The minimum atomic E-state index is -2.76. The first-order valence-corrected chi connectivity index (χ1v) is 23.9. The number of aliphatic hydroxyl groups excluding tert-OH is 1. The molecule has 0 aliphatic carbocycles. The molecule has 1 atom stereocenters. The van der Waals surface area contributed by atoms with Gasteiger partial charge < -0.3 is 45.1 Å². The Labute approximate surface area is 359 Å². The SMILES string of the molecule is COc1cc(N2CCN(CC3CCN(c4ccc(N5CCC(=O)NC5O)c(C)c4)CC3)CC2)c(C)cc1Nc1ncc(Br)c(Nc2ccc3nccnc3c2P(C)(C)=O)n1. The van der Waals surface area contributed by atoms with Gasteiger partial charge in [-0.25, -0.2) is 4.98 Å². The zero-order valence-electron chi connectivity index (χ0n) is 34.8. The fourth-order valence-electron chi connectivity index (χ4n) is 8.67. The van der Waals surface area contributed by atoms with E-state index in [1.165, 1.54) is 5.69 Å². The van der Waals surface area contributed by atoms with E-state index >= 15 is 0 Å². The van der Waals surface area contributed by atoms with Gasteiger partial charge in [0.15, 0.2) is 0 Å². The maximum absolute atomic E-state index is 13.5.